The van der Waals surface area contributed by atoms with Crippen LogP contribution < -0.4 is 20.1 Å². The first-order valence-electron chi connectivity index (χ1n) is 10.2. The van der Waals surface area contributed by atoms with Crippen LogP contribution in [0.3, 0.4) is 0 Å². The molecule has 0 radical (unpaired) electrons. The van der Waals surface area contributed by atoms with Gasteiger partial charge in [-0.1, -0.05) is 12.1 Å². The summed E-state index contributed by atoms with van der Waals surface area (Å²) in [6.07, 6.45) is 5.22. The van der Waals surface area contributed by atoms with E-state index in [1.807, 2.05) is 29.2 Å². The minimum Gasteiger partial charge on any atom is -0.493 e. The molecule has 27 heavy (non-hydrogen) atoms. The molecule has 3 aliphatic rings. The Morgan fingerprint density at radius 3 is 2.56 bits per heavy atom. The van der Waals surface area contributed by atoms with Crippen LogP contribution in [0.15, 0.2) is 24.3 Å². The molecule has 6 heteroatoms. The lowest BCUT2D eigenvalue weighted by Crippen LogP contribution is -2.48. The normalized spacial score (nSPS) is 25.5. The summed E-state index contributed by atoms with van der Waals surface area (Å²) in [7, 11) is 1.66. The van der Waals surface area contributed by atoms with Crippen LogP contribution in [-0.4, -0.2) is 62.8 Å². The van der Waals surface area contributed by atoms with Crippen molar-refractivity contribution in [2.75, 3.05) is 39.8 Å². The highest BCUT2D eigenvalue weighted by atomic mass is 16.5. The number of amides is 1. The Morgan fingerprint density at radius 2 is 1.85 bits per heavy atom. The van der Waals surface area contributed by atoms with Crippen molar-refractivity contribution in [2.24, 2.45) is 5.41 Å². The maximum atomic E-state index is 13.0. The zero-order valence-electron chi connectivity index (χ0n) is 16.2. The van der Waals surface area contributed by atoms with Gasteiger partial charge in [0.25, 0.3) is 0 Å². The predicted octanol–water partition coefficient (Wildman–Crippen LogP) is 1.80. The number of hydrogen-bond acceptors (Lipinski definition) is 5. The van der Waals surface area contributed by atoms with Gasteiger partial charge in [-0.3, -0.25) is 4.79 Å². The molecule has 1 aromatic rings. The van der Waals surface area contributed by atoms with Crippen LogP contribution in [0.1, 0.15) is 32.1 Å². The minimum absolute atomic E-state index is 0.00483. The van der Waals surface area contributed by atoms with E-state index < -0.39 is 0 Å². The molecule has 2 N–H and O–H groups in total. The number of carbonyl (C=O) groups excluding carboxylic acids is 1. The molecule has 3 heterocycles. The first-order chi connectivity index (χ1) is 13.2. The highest BCUT2D eigenvalue weighted by molar-refractivity contribution is 5.82. The number of nitrogens with zero attached hydrogens (tertiary/aromatic N) is 1. The number of rotatable bonds is 4. The van der Waals surface area contributed by atoms with E-state index in [2.05, 4.69) is 10.6 Å². The van der Waals surface area contributed by atoms with Crippen LogP contribution in [0.25, 0.3) is 0 Å². The quantitative estimate of drug-likeness (QED) is 0.843. The third kappa shape index (κ3) is 4.06. The number of methoxy groups -OCH3 is 1. The third-order valence-corrected chi connectivity index (χ3v) is 6.44. The van der Waals surface area contributed by atoms with Gasteiger partial charge in [0.2, 0.25) is 5.91 Å². The fourth-order valence-corrected chi connectivity index (χ4v) is 4.74. The van der Waals surface area contributed by atoms with E-state index in [0.29, 0.717) is 5.41 Å². The van der Waals surface area contributed by atoms with Gasteiger partial charge in [0.05, 0.1) is 13.2 Å². The van der Waals surface area contributed by atoms with E-state index in [1.165, 1.54) is 12.8 Å². The molecule has 0 bridgehead atoms. The van der Waals surface area contributed by atoms with Gasteiger partial charge in [-0.05, 0) is 49.9 Å². The summed E-state index contributed by atoms with van der Waals surface area (Å²) in [4.78, 5) is 15.0. The van der Waals surface area contributed by atoms with E-state index in [4.69, 9.17) is 9.47 Å². The summed E-state index contributed by atoms with van der Waals surface area (Å²) in [5, 5.41) is 6.94. The third-order valence-electron chi connectivity index (χ3n) is 6.44. The summed E-state index contributed by atoms with van der Waals surface area (Å²) < 4.78 is 11.5. The maximum absolute atomic E-state index is 13.0. The van der Waals surface area contributed by atoms with E-state index in [0.717, 1.165) is 63.5 Å². The lowest BCUT2D eigenvalue weighted by Gasteiger charge is -2.35. The summed E-state index contributed by atoms with van der Waals surface area (Å²) in [6, 6.07) is 7.75. The van der Waals surface area contributed by atoms with Crippen LogP contribution >= 0.6 is 0 Å². The summed E-state index contributed by atoms with van der Waals surface area (Å²) >= 11 is 0. The predicted molar refractivity (Wildman–Crippen MR) is 104 cm³/mol. The number of carbonyl (C=O) groups is 1. The Morgan fingerprint density at radius 1 is 1.15 bits per heavy atom. The van der Waals surface area contributed by atoms with Gasteiger partial charge in [-0.15, -0.1) is 0 Å². The average molecular weight is 373 g/mol. The molecule has 1 unspecified atom stereocenters. The van der Waals surface area contributed by atoms with Crippen molar-refractivity contribution in [1.29, 1.82) is 0 Å². The first-order valence-corrected chi connectivity index (χ1v) is 10.2. The molecule has 1 spiro atoms. The molecule has 1 aromatic carbocycles. The van der Waals surface area contributed by atoms with Gasteiger partial charge in [0, 0.05) is 32.5 Å². The van der Waals surface area contributed by atoms with E-state index in [9.17, 15) is 4.79 Å². The van der Waals surface area contributed by atoms with E-state index >= 15 is 0 Å². The highest BCUT2D eigenvalue weighted by Gasteiger charge is 2.43. The van der Waals surface area contributed by atoms with Crippen LogP contribution in [0.5, 0.6) is 11.5 Å². The summed E-state index contributed by atoms with van der Waals surface area (Å²) in [5.41, 5.74) is 0.330. The van der Waals surface area contributed by atoms with Gasteiger partial charge < -0.3 is 25.0 Å². The van der Waals surface area contributed by atoms with E-state index in [-0.39, 0.29) is 18.1 Å². The Kier molecular flexibility index (Phi) is 5.55. The molecule has 0 aliphatic carbocycles. The molecule has 3 fully saturated rings. The number of piperidine rings is 2. The topological polar surface area (TPSA) is 62.8 Å². The lowest BCUT2D eigenvalue weighted by molar-refractivity contribution is -0.135. The highest BCUT2D eigenvalue weighted by Crippen LogP contribution is 2.38. The zero-order chi connectivity index (χ0) is 18.7. The zero-order valence-corrected chi connectivity index (χ0v) is 16.2. The molecule has 1 atom stereocenters. The Bertz CT molecular complexity index is 652. The van der Waals surface area contributed by atoms with Gasteiger partial charge in [0.15, 0.2) is 11.5 Å². The molecule has 3 saturated heterocycles. The number of ether oxygens (including phenoxy) is 2. The van der Waals surface area contributed by atoms with Gasteiger partial charge in [-0.2, -0.15) is 0 Å². The van der Waals surface area contributed by atoms with Crippen molar-refractivity contribution in [3.8, 4) is 11.5 Å². The fraction of sp³-hybridized carbons (Fsp3) is 0.667. The average Bonchev–Trinajstić information content (AvgIpc) is 3.12. The molecule has 6 nitrogen and oxygen atoms in total. The van der Waals surface area contributed by atoms with Crippen molar-refractivity contribution in [3.63, 3.8) is 0 Å². The van der Waals surface area contributed by atoms with Gasteiger partial charge >= 0.3 is 0 Å². The number of nitrogens with one attached hydrogen (secondary N) is 2. The van der Waals surface area contributed by atoms with E-state index in [1.54, 1.807) is 7.11 Å². The Hall–Kier alpha value is -1.79. The molecule has 4 rings (SSSR count). The molecular weight excluding hydrogens is 342 g/mol. The molecule has 0 aromatic heterocycles. The minimum atomic E-state index is -0.00483. The molecule has 3 aliphatic heterocycles. The Labute approximate surface area is 161 Å². The number of benzene rings is 1. The second-order valence-corrected chi connectivity index (χ2v) is 8.18. The SMILES string of the molecule is COc1ccccc1OC1CCN(C(=O)C2CC3(CCNCC3)CN2)CC1. The number of likely N-dealkylation sites (tertiary alicyclic amines) is 1. The van der Waals surface area contributed by atoms with Crippen molar-refractivity contribution < 1.29 is 14.3 Å². The number of para-hydroxylation sites is 2. The van der Waals surface area contributed by atoms with Crippen LogP contribution in [0.2, 0.25) is 0 Å². The molecule has 148 valence electrons. The fourth-order valence-electron chi connectivity index (χ4n) is 4.74. The maximum Gasteiger partial charge on any atom is 0.239 e. The molecule has 1 amide bonds. The second kappa shape index (κ2) is 8.07. The smallest absolute Gasteiger partial charge is 0.239 e. The van der Waals surface area contributed by atoms with Crippen LogP contribution in [0.4, 0.5) is 0 Å². The van der Waals surface area contributed by atoms with Crippen molar-refractivity contribution >= 4 is 5.91 Å². The van der Waals surface area contributed by atoms with Crippen molar-refractivity contribution in [1.82, 2.24) is 15.5 Å². The monoisotopic (exact) mass is 373 g/mol. The van der Waals surface area contributed by atoms with Crippen molar-refractivity contribution in [2.45, 2.75) is 44.2 Å². The summed E-state index contributed by atoms with van der Waals surface area (Å²) in [5.74, 6) is 1.83. The summed E-state index contributed by atoms with van der Waals surface area (Å²) in [6.45, 7) is 4.68. The standard InChI is InChI=1S/C21H31N3O3/c1-26-18-4-2-3-5-19(18)27-16-6-12-24(13-7-16)20(25)17-14-21(15-23-17)8-10-22-11-9-21/h2-5,16-17,22-23H,6-15H2,1H3. The van der Waals surface area contributed by atoms with Crippen molar-refractivity contribution in [3.05, 3.63) is 24.3 Å². The Balaban J connectivity index is 1.28. The first kappa shape index (κ1) is 18.6. The largest absolute Gasteiger partial charge is 0.493 e. The molecular formula is C21H31N3O3. The molecule has 0 saturated carbocycles. The van der Waals surface area contributed by atoms with Gasteiger partial charge in [0.1, 0.15) is 6.10 Å². The van der Waals surface area contributed by atoms with Crippen LogP contribution in [-0.2, 0) is 4.79 Å². The second-order valence-electron chi connectivity index (χ2n) is 8.18. The number of hydrogen-bond donors (Lipinski definition) is 2. The lowest BCUT2D eigenvalue weighted by atomic mass is 9.77. The van der Waals surface area contributed by atoms with Crippen LogP contribution in [0, 0.1) is 5.41 Å². The van der Waals surface area contributed by atoms with Gasteiger partial charge in [-0.25, -0.2) is 0 Å².